The zero-order valence-electron chi connectivity index (χ0n) is 13.0. The lowest BCUT2D eigenvalue weighted by atomic mass is 10.1. The predicted octanol–water partition coefficient (Wildman–Crippen LogP) is 4.82. The van der Waals surface area contributed by atoms with E-state index < -0.39 is 0 Å². The lowest BCUT2D eigenvalue weighted by Gasteiger charge is -2.12. The van der Waals surface area contributed by atoms with Gasteiger partial charge in [-0.1, -0.05) is 24.3 Å². The first-order chi connectivity index (χ1) is 11.3. The Labute approximate surface area is 145 Å². The number of benzene rings is 2. The van der Waals surface area contributed by atoms with Gasteiger partial charge in [-0.3, -0.25) is 4.79 Å². The molecule has 0 bridgehead atoms. The summed E-state index contributed by atoms with van der Waals surface area (Å²) in [6.07, 6.45) is 0. The number of thioether (sulfide) groups is 2. The van der Waals surface area contributed by atoms with E-state index >= 15 is 0 Å². The zero-order valence-corrected chi connectivity index (χ0v) is 14.6. The molecule has 0 unspecified atom stereocenters. The van der Waals surface area contributed by atoms with Gasteiger partial charge >= 0.3 is 0 Å². The van der Waals surface area contributed by atoms with Crippen LogP contribution in [0.4, 0.5) is 5.69 Å². The SMILES string of the molecule is CCOc1ccccc1NC(=O)c1ccc(C2SCCS2)cc1. The van der Waals surface area contributed by atoms with Gasteiger partial charge in [0.25, 0.3) is 5.91 Å². The fourth-order valence-corrected chi connectivity index (χ4v) is 5.25. The lowest BCUT2D eigenvalue weighted by molar-refractivity contribution is 0.102. The van der Waals surface area contributed by atoms with Crippen LogP contribution in [0.3, 0.4) is 0 Å². The second-order valence-corrected chi connectivity index (χ2v) is 7.80. The first-order valence-electron chi connectivity index (χ1n) is 7.64. The average Bonchev–Trinajstić information content (AvgIpc) is 3.11. The lowest BCUT2D eigenvalue weighted by Crippen LogP contribution is -2.13. The molecule has 2 aromatic rings. The van der Waals surface area contributed by atoms with Crippen LogP contribution in [0.5, 0.6) is 5.75 Å². The van der Waals surface area contributed by atoms with Crippen molar-refractivity contribution in [3.8, 4) is 5.75 Å². The molecule has 1 saturated heterocycles. The van der Waals surface area contributed by atoms with Crippen molar-refractivity contribution in [2.75, 3.05) is 23.4 Å². The maximum Gasteiger partial charge on any atom is 0.255 e. The molecule has 1 N–H and O–H groups in total. The van der Waals surface area contributed by atoms with E-state index in [0.29, 0.717) is 28.2 Å². The van der Waals surface area contributed by atoms with Gasteiger partial charge in [-0.15, -0.1) is 23.5 Å². The summed E-state index contributed by atoms with van der Waals surface area (Å²) in [6, 6.07) is 15.4. The Bertz CT molecular complexity index is 667. The number of rotatable bonds is 5. The average molecular weight is 345 g/mol. The van der Waals surface area contributed by atoms with Gasteiger partial charge in [0, 0.05) is 17.1 Å². The third kappa shape index (κ3) is 4.03. The number of carbonyl (C=O) groups excluding carboxylic acids is 1. The van der Waals surface area contributed by atoms with Crippen LogP contribution < -0.4 is 10.1 Å². The van der Waals surface area contributed by atoms with E-state index in [1.54, 1.807) is 0 Å². The largest absolute Gasteiger partial charge is 0.492 e. The molecule has 23 heavy (non-hydrogen) atoms. The van der Waals surface area contributed by atoms with Gasteiger partial charge in [0.05, 0.1) is 16.9 Å². The number of para-hydroxylation sites is 2. The van der Waals surface area contributed by atoms with E-state index in [1.807, 2.05) is 66.8 Å². The molecule has 120 valence electrons. The van der Waals surface area contributed by atoms with Crippen molar-refractivity contribution in [1.82, 2.24) is 0 Å². The third-order valence-corrected chi connectivity index (χ3v) is 6.61. The minimum atomic E-state index is -0.115. The van der Waals surface area contributed by atoms with Gasteiger partial charge < -0.3 is 10.1 Å². The molecular weight excluding hydrogens is 326 g/mol. The van der Waals surface area contributed by atoms with Crippen LogP contribution in [0.2, 0.25) is 0 Å². The second kappa shape index (κ2) is 7.79. The summed E-state index contributed by atoms with van der Waals surface area (Å²) < 4.78 is 6.05. The third-order valence-electron chi connectivity index (χ3n) is 3.50. The summed E-state index contributed by atoms with van der Waals surface area (Å²) in [6.45, 7) is 2.49. The first-order valence-corrected chi connectivity index (χ1v) is 9.74. The summed E-state index contributed by atoms with van der Waals surface area (Å²) in [4.78, 5) is 12.4. The highest BCUT2D eigenvalue weighted by Gasteiger charge is 2.18. The molecule has 3 nitrogen and oxygen atoms in total. The van der Waals surface area contributed by atoms with Crippen LogP contribution in [-0.2, 0) is 0 Å². The molecule has 0 aromatic heterocycles. The van der Waals surface area contributed by atoms with Gasteiger partial charge in [0.1, 0.15) is 5.75 Å². The minimum absolute atomic E-state index is 0.115. The summed E-state index contributed by atoms with van der Waals surface area (Å²) in [5.74, 6) is 2.98. The fourth-order valence-electron chi connectivity index (χ4n) is 2.39. The molecule has 1 fully saturated rings. The molecule has 0 spiro atoms. The number of hydrogen-bond acceptors (Lipinski definition) is 4. The predicted molar refractivity (Wildman–Crippen MR) is 99.7 cm³/mol. The topological polar surface area (TPSA) is 38.3 Å². The Kier molecular flexibility index (Phi) is 5.51. The number of ether oxygens (including phenoxy) is 1. The standard InChI is InChI=1S/C18H19NO2S2/c1-2-21-16-6-4-3-5-15(16)19-17(20)13-7-9-14(10-8-13)18-22-11-12-23-18/h3-10,18H,2,11-12H2,1H3,(H,19,20). The van der Waals surface area contributed by atoms with Crippen LogP contribution in [0.15, 0.2) is 48.5 Å². The molecule has 0 saturated carbocycles. The Morgan fingerprint density at radius 3 is 2.52 bits per heavy atom. The van der Waals surface area contributed by atoms with Crippen molar-refractivity contribution < 1.29 is 9.53 Å². The number of nitrogens with one attached hydrogen (secondary N) is 1. The summed E-state index contributed by atoms with van der Waals surface area (Å²) in [7, 11) is 0. The van der Waals surface area contributed by atoms with E-state index in [-0.39, 0.29) is 5.91 Å². The molecule has 1 heterocycles. The highest BCUT2D eigenvalue weighted by Crippen LogP contribution is 2.45. The molecular formula is C18H19NO2S2. The van der Waals surface area contributed by atoms with E-state index in [4.69, 9.17) is 4.74 Å². The first kappa shape index (κ1) is 16.3. The molecule has 0 atom stereocenters. The molecule has 1 amide bonds. The highest BCUT2D eigenvalue weighted by atomic mass is 32.2. The van der Waals surface area contributed by atoms with E-state index in [0.717, 1.165) is 0 Å². The summed E-state index contributed by atoms with van der Waals surface area (Å²) >= 11 is 3.93. The molecule has 5 heteroatoms. The Morgan fingerprint density at radius 2 is 1.83 bits per heavy atom. The van der Waals surface area contributed by atoms with Crippen molar-refractivity contribution in [3.05, 3.63) is 59.7 Å². The van der Waals surface area contributed by atoms with Crippen LogP contribution in [-0.4, -0.2) is 24.0 Å². The maximum absolute atomic E-state index is 12.4. The van der Waals surface area contributed by atoms with E-state index in [2.05, 4.69) is 17.4 Å². The van der Waals surface area contributed by atoms with Gasteiger partial charge in [-0.25, -0.2) is 0 Å². The smallest absolute Gasteiger partial charge is 0.255 e. The molecule has 2 aromatic carbocycles. The quantitative estimate of drug-likeness (QED) is 0.843. The van der Waals surface area contributed by atoms with Crippen molar-refractivity contribution in [2.45, 2.75) is 11.5 Å². The maximum atomic E-state index is 12.4. The second-order valence-electron chi connectivity index (χ2n) is 5.08. The van der Waals surface area contributed by atoms with E-state index in [1.165, 1.54) is 17.1 Å². The van der Waals surface area contributed by atoms with Crippen LogP contribution in [0.1, 0.15) is 27.4 Å². The van der Waals surface area contributed by atoms with Crippen molar-refractivity contribution >= 4 is 35.1 Å². The summed E-state index contributed by atoms with van der Waals surface area (Å²) in [5.41, 5.74) is 2.64. The normalized spacial score (nSPS) is 14.7. The van der Waals surface area contributed by atoms with Crippen molar-refractivity contribution in [2.24, 2.45) is 0 Å². The number of amides is 1. The molecule has 0 radical (unpaired) electrons. The van der Waals surface area contributed by atoms with Crippen LogP contribution in [0.25, 0.3) is 0 Å². The minimum Gasteiger partial charge on any atom is -0.492 e. The molecule has 1 aliphatic rings. The number of anilines is 1. The van der Waals surface area contributed by atoms with Gasteiger partial charge in [0.15, 0.2) is 0 Å². The van der Waals surface area contributed by atoms with Crippen molar-refractivity contribution in [1.29, 1.82) is 0 Å². The number of hydrogen-bond donors (Lipinski definition) is 1. The van der Waals surface area contributed by atoms with Crippen LogP contribution >= 0.6 is 23.5 Å². The summed E-state index contributed by atoms with van der Waals surface area (Å²) in [5, 5.41) is 2.93. The Balaban J connectivity index is 1.71. The van der Waals surface area contributed by atoms with Gasteiger partial charge in [-0.2, -0.15) is 0 Å². The monoisotopic (exact) mass is 345 g/mol. The van der Waals surface area contributed by atoms with Gasteiger partial charge in [0.2, 0.25) is 0 Å². The van der Waals surface area contributed by atoms with Crippen molar-refractivity contribution in [3.63, 3.8) is 0 Å². The fraction of sp³-hybridized carbons (Fsp3) is 0.278. The molecule has 1 aliphatic heterocycles. The molecule has 3 rings (SSSR count). The molecule has 0 aliphatic carbocycles. The van der Waals surface area contributed by atoms with E-state index in [9.17, 15) is 4.79 Å². The van der Waals surface area contributed by atoms with Gasteiger partial charge in [-0.05, 0) is 36.8 Å². The number of carbonyl (C=O) groups is 1. The van der Waals surface area contributed by atoms with Crippen LogP contribution in [0, 0.1) is 0 Å². The highest BCUT2D eigenvalue weighted by molar-refractivity contribution is 8.19. The zero-order chi connectivity index (χ0) is 16.1. The Morgan fingerprint density at radius 1 is 1.13 bits per heavy atom. The Hall–Kier alpha value is -1.59.